The van der Waals surface area contributed by atoms with Crippen LogP contribution in [0.4, 0.5) is 4.39 Å². The van der Waals surface area contributed by atoms with Crippen LogP contribution in [0.1, 0.15) is 48.6 Å². The Hall–Kier alpha value is -3.54. The van der Waals surface area contributed by atoms with E-state index < -0.39 is 5.54 Å². The van der Waals surface area contributed by atoms with Gasteiger partial charge in [0.1, 0.15) is 17.2 Å². The second-order valence-electron chi connectivity index (χ2n) is 8.75. The largest absolute Gasteiger partial charge is 0.338 e. The SMILES string of the molecule is CCc1cc(/C=C/C2=NC(=O)C3(c4ccc(F)cc4)CCCCN23)ccc1-n1cnc(C)c1. The fourth-order valence-electron chi connectivity index (χ4n) is 5.01. The van der Waals surface area contributed by atoms with Crippen LogP contribution in [0.3, 0.4) is 0 Å². The van der Waals surface area contributed by atoms with E-state index >= 15 is 0 Å². The summed E-state index contributed by atoms with van der Waals surface area (Å²) in [5, 5.41) is 0. The lowest BCUT2D eigenvalue weighted by atomic mass is 9.80. The lowest BCUT2D eigenvalue weighted by molar-refractivity contribution is -0.127. The third-order valence-electron chi connectivity index (χ3n) is 6.70. The summed E-state index contributed by atoms with van der Waals surface area (Å²) in [6, 6.07) is 12.6. The van der Waals surface area contributed by atoms with E-state index in [-0.39, 0.29) is 11.7 Å². The molecule has 1 fully saturated rings. The molecule has 0 saturated carbocycles. The van der Waals surface area contributed by atoms with Gasteiger partial charge in [-0.05, 0) is 79.6 Å². The van der Waals surface area contributed by atoms with Gasteiger partial charge in [0.2, 0.25) is 0 Å². The van der Waals surface area contributed by atoms with E-state index in [0.717, 1.165) is 48.3 Å². The van der Waals surface area contributed by atoms with E-state index in [4.69, 9.17) is 0 Å². The zero-order chi connectivity index (χ0) is 23.0. The van der Waals surface area contributed by atoms with E-state index in [1.165, 1.54) is 17.7 Å². The smallest absolute Gasteiger partial charge is 0.278 e. The number of hydrogen-bond donors (Lipinski definition) is 0. The molecular formula is C27H27FN4O. The maximum absolute atomic E-state index is 13.5. The van der Waals surface area contributed by atoms with Crippen molar-refractivity contribution in [3.8, 4) is 5.69 Å². The van der Waals surface area contributed by atoms with Gasteiger partial charge in [-0.3, -0.25) is 4.79 Å². The van der Waals surface area contributed by atoms with Crippen LogP contribution in [0.2, 0.25) is 0 Å². The Morgan fingerprint density at radius 2 is 1.94 bits per heavy atom. The second kappa shape index (κ2) is 8.43. The Labute approximate surface area is 193 Å². The van der Waals surface area contributed by atoms with Gasteiger partial charge >= 0.3 is 0 Å². The first kappa shape index (κ1) is 21.3. The molecule has 0 radical (unpaired) electrons. The number of amidine groups is 1. The van der Waals surface area contributed by atoms with Crippen molar-refractivity contribution in [3.63, 3.8) is 0 Å². The molecule has 0 aliphatic carbocycles. The standard InChI is InChI=1S/C27H27FN4O/c1-3-21-16-20(6-12-24(21)31-17-19(2)29-18-31)7-13-25-30-26(33)27(14-4-5-15-32(25)27)22-8-10-23(28)11-9-22/h6-13,16-18H,3-5,14-15H2,1-2H3/b13-7+. The summed E-state index contributed by atoms with van der Waals surface area (Å²) in [5.41, 5.74) is 4.38. The van der Waals surface area contributed by atoms with Gasteiger partial charge in [-0.15, -0.1) is 0 Å². The summed E-state index contributed by atoms with van der Waals surface area (Å²) < 4.78 is 15.6. The molecule has 6 heteroatoms. The molecule has 2 aromatic carbocycles. The minimum atomic E-state index is -0.816. The number of aryl methyl sites for hydroxylation is 2. The van der Waals surface area contributed by atoms with Gasteiger partial charge in [-0.2, -0.15) is 4.99 Å². The third kappa shape index (κ3) is 3.69. The van der Waals surface area contributed by atoms with E-state index in [1.54, 1.807) is 12.1 Å². The number of fused-ring (bicyclic) bond motifs is 1. The first-order chi connectivity index (χ1) is 16.0. The number of aliphatic imine (C=N–C) groups is 1. The maximum atomic E-state index is 13.5. The van der Waals surface area contributed by atoms with Crippen LogP contribution in [0.15, 0.2) is 66.1 Å². The number of halogens is 1. The molecule has 1 atom stereocenters. The van der Waals surface area contributed by atoms with Crippen molar-refractivity contribution >= 4 is 17.8 Å². The lowest BCUT2D eigenvalue weighted by Gasteiger charge is -2.42. The molecule has 168 valence electrons. The molecule has 3 aromatic rings. The average molecular weight is 443 g/mol. The van der Waals surface area contributed by atoms with Crippen LogP contribution < -0.4 is 0 Å². The summed E-state index contributed by atoms with van der Waals surface area (Å²) in [6.07, 6.45) is 11.3. The van der Waals surface area contributed by atoms with Gasteiger partial charge < -0.3 is 9.47 Å². The van der Waals surface area contributed by atoms with Crippen molar-refractivity contribution < 1.29 is 9.18 Å². The summed E-state index contributed by atoms with van der Waals surface area (Å²) in [5.74, 6) is 0.218. The first-order valence-electron chi connectivity index (χ1n) is 11.5. The van der Waals surface area contributed by atoms with Crippen molar-refractivity contribution in [2.45, 2.75) is 45.1 Å². The van der Waals surface area contributed by atoms with Crippen molar-refractivity contribution in [2.24, 2.45) is 4.99 Å². The van der Waals surface area contributed by atoms with Crippen LogP contribution in [-0.2, 0) is 16.8 Å². The van der Waals surface area contributed by atoms with Crippen LogP contribution >= 0.6 is 0 Å². The predicted molar refractivity (Wildman–Crippen MR) is 128 cm³/mol. The van der Waals surface area contributed by atoms with Crippen molar-refractivity contribution in [1.29, 1.82) is 0 Å². The number of amides is 1. The van der Waals surface area contributed by atoms with Gasteiger partial charge in [0.25, 0.3) is 5.91 Å². The average Bonchev–Trinajstić information content (AvgIpc) is 3.39. The number of piperidine rings is 1. The zero-order valence-electron chi connectivity index (χ0n) is 19.0. The summed E-state index contributed by atoms with van der Waals surface area (Å²) >= 11 is 0. The molecule has 5 nitrogen and oxygen atoms in total. The quantitative estimate of drug-likeness (QED) is 0.545. The summed E-state index contributed by atoms with van der Waals surface area (Å²) in [7, 11) is 0. The van der Waals surface area contributed by atoms with Gasteiger partial charge in [-0.25, -0.2) is 9.37 Å². The molecule has 1 aromatic heterocycles. The second-order valence-corrected chi connectivity index (χ2v) is 8.75. The number of carbonyl (C=O) groups excluding carboxylic acids is 1. The highest BCUT2D eigenvalue weighted by Gasteiger charge is 2.51. The maximum Gasteiger partial charge on any atom is 0.278 e. The first-order valence-corrected chi connectivity index (χ1v) is 11.5. The van der Waals surface area contributed by atoms with Crippen LogP contribution in [-0.4, -0.2) is 32.7 Å². The van der Waals surface area contributed by atoms with Crippen LogP contribution in [0.5, 0.6) is 0 Å². The Morgan fingerprint density at radius 1 is 1.12 bits per heavy atom. The number of rotatable bonds is 5. The minimum absolute atomic E-state index is 0.159. The fraction of sp³-hybridized carbons (Fsp3) is 0.296. The molecule has 0 bridgehead atoms. The number of hydrogen-bond acceptors (Lipinski definition) is 3. The molecule has 3 heterocycles. The molecule has 2 aliphatic rings. The minimum Gasteiger partial charge on any atom is -0.338 e. The van der Waals surface area contributed by atoms with Gasteiger partial charge in [0.15, 0.2) is 0 Å². The third-order valence-corrected chi connectivity index (χ3v) is 6.70. The number of benzene rings is 2. The monoisotopic (exact) mass is 442 g/mol. The van der Waals surface area contributed by atoms with Crippen LogP contribution in [0.25, 0.3) is 11.8 Å². The van der Waals surface area contributed by atoms with Gasteiger partial charge in [0, 0.05) is 18.4 Å². The summed E-state index contributed by atoms with van der Waals surface area (Å²) in [6.45, 7) is 4.88. The summed E-state index contributed by atoms with van der Waals surface area (Å²) in [4.78, 5) is 24.1. The highest BCUT2D eigenvalue weighted by atomic mass is 19.1. The molecule has 1 unspecified atom stereocenters. The molecule has 0 N–H and O–H groups in total. The molecule has 1 saturated heterocycles. The van der Waals surface area contributed by atoms with Crippen LogP contribution in [0, 0.1) is 12.7 Å². The van der Waals surface area contributed by atoms with Crippen molar-refractivity contribution in [2.75, 3.05) is 6.54 Å². The van der Waals surface area contributed by atoms with Gasteiger partial charge in [-0.1, -0.05) is 31.2 Å². The van der Waals surface area contributed by atoms with E-state index in [1.807, 2.05) is 36.2 Å². The molecule has 2 aliphatic heterocycles. The Bertz CT molecular complexity index is 1260. The molecule has 1 amide bonds. The molecular weight excluding hydrogens is 415 g/mol. The Morgan fingerprint density at radius 3 is 2.67 bits per heavy atom. The molecule has 0 spiro atoms. The molecule has 5 rings (SSSR count). The normalized spacial score (nSPS) is 20.4. The van der Waals surface area contributed by atoms with Gasteiger partial charge in [0.05, 0.1) is 12.0 Å². The highest BCUT2D eigenvalue weighted by Crippen LogP contribution is 2.42. The number of imidazole rings is 1. The number of nitrogens with zero attached hydrogens (tertiary/aromatic N) is 4. The number of aromatic nitrogens is 2. The Kier molecular flexibility index (Phi) is 5.44. The molecule has 33 heavy (non-hydrogen) atoms. The lowest BCUT2D eigenvalue weighted by Crippen LogP contribution is -2.51. The topological polar surface area (TPSA) is 50.5 Å². The van der Waals surface area contributed by atoms with E-state index in [9.17, 15) is 9.18 Å². The van der Waals surface area contributed by atoms with E-state index in [0.29, 0.717) is 12.3 Å². The predicted octanol–water partition coefficient (Wildman–Crippen LogP) is 5.22. The Balaban J connectivity index is 1.44. The highest BCUT2D eigenvalue weighted by molar-refractivity contribution is 6.12. The van der Waals surface area contributed by atoms with Crippen molar-refractivity contribution in [3.05, 3.63) is 89.3 Å². The van der Waals surface area contributed by atoms with E-state index in [2.05, 4.69) is 40.0 Å². The number of carbonyl (C=O) groups is 1. The van der Waals surface area contributed by atoms with Crippen molar-refractivity contribution in [1.82, 2.24) is 14.5 Å². The zero-order valence-corrected chi connectivity index (χ0v) is 19.0. The fourth-order valence-corrected chi connectivity index (χ4v) is 5.01.